The molecule has 0 aliphatic heterocycles. The van der Waals surface area contributed by atoms with E-state index in [9.17, 15) is 4.79 Å². The number of rotatable bonds is 1. The Morgan fingerprint density at radius 2 is 2.15 bits per heavy atom. The number of ether oxygens (including phenoxy) is 1. The van der Waals surface area contributed by atoms with Crippen LogP contribution in [0, 0.1) is 0 Å². The minimum absolute atomic E-state index is 0.355. The number of hydrogen-bond donors (Lipinski definition) is 1. The first-order valence-corrected chi connectivity index (χ1v) is 4.87. The van der Waals surface area contributed by atoms with Gasteiger partial charge in [0.1, 0.15) is 0 Å². The number of alkyl carbamates (subject to hydrolysis) is 1. The van der Waals surface area contributed by atoms with E-state index in [0.29, 0.717) is 0 Å². The summed E-state index contributed by atoms with van der Waals surface area (Å²) < 4.78 is 4.53. The summed E-state index contributed by atoms with van der Waals surface area (Å²) in [6.07, 6.45) is 8.75. The maximum absolute atomic E-state index is 10.9. The second-order valence-corrected chi connectivity index (χ2v) is 3.30. The van der Waals surface area contributed by atoms with Gasteiger partial charge in [-0.3, -0.25) is 5.32 Å². The number of carbonyl (C=O) groups is 1. The summed E-state index contributed by atoms with van der Waals surface area (Å²) in [6.45, 7) is 0. The van der Waals surface area contributed by atoms with Gasteiger partial charge in [0.05, 0.1) is 7.11 Å². The van der Waals surface area contributed by atoms with E-state index in [1.54, 1.807) is 0 Å². The van der Waals surface area contributed by atoms with Gasteiger partial charge in [-0.25, -0.2) is 4.79 Å². The highest BCUT2D eigenvalue weighted by atomic mass is 16.5. The number of carbonyl (C=O) groups excluding carboxylic acids is 1. The van der Waals surface area contributed by atoms with E-state index >= 15 is 0 Å². The topological polar surface area (TPSA) is 38.3 Å². The van der Waals surface area contributed by atoms with E-state index in [-0.39, 0.29) is 6.09 Å². The summed E-state index contributed by atoms with van der Waals surface area (Å²) in [5.41, 5.74) is 1.02. The molecule has 0 spiro atoms. The second-order valence-electron chi connectivity index (χ2n) is 3.30. The molecule has 0 atom stereocenters. The smallest absolute Gasteiger partial charge is 0.411 e. The summed E-state index contributed by atoms with van der Waals surface area (Å²) in [4.78, 5) is 10.9. The standard InChI is InChI=1S/C10H17NO2/c1-13-10(12)11-9-7-5-3-2-4-6-8-9/h7H,2-6,8H2,1H3,(H,11,12)/b9-7+. The van der Waals surface area contributed by atoms with Crippen molar-refractivity contribution in [2.45, 2.75) is 38.5 Å². The third kappa shape index (κ3) is 3.97. The minimum atomic E-state index is -0.355. The molecule has 0 saturated heterocycles. The molecule has 0 aromatic rings. The lowest BCUT2D eigenvalue weighted by atomic mass is 10.0. The zero-order valence-electron chi connectivity index (χ0n) is 8.14. The van der Waals surface area contributed by atoms with Gasteiger partial charge >= 0.3 is 6.09 Å². The van der Waals surface area contributed by atoms with Crippen molar-refractivity contribution in [3.8, 4) is 0 Å². The molecule has 3 nitrogen and oxygen atoms in total. The Hall–Kier alpha value is -0.990. The van der Waals surface area contributed by atoms with Crippen LogP contribution < -0.4 is 5.32 Å². The van der Waals surface area contributed by atoms with Gasteiger partial charge < -0.3 is 4.74 Å². The monoisotopic (exact) mass is 183 g/mol. The van der Waals surface area contributed by atoms with Crippen LogP contribution in [0.15, 0.2) is 11.8 Å². The normalized spacial score (nSPS) is 22.1. The first-order valence-electron chi connectivity index (χ1n) is 4.87. The largest absolute Gasteiger partial charge is 0.453 e. The lowest BCUT2D eigenvalue weighted by Gasteiger charge is -2.11. The molecule has 0 saturated carbocycles. The van der Waals surface area contributed by atoms with E-state index in [4.69, 9.17) is 0 Å². The fourth-order valence-corrected chi connectivity index (χ4v) is 1.49. The van der Waals surface area contributed by atoms with Crippen LogP contribution in [0.3, 0.4) is 0 Å². The lowest BCUT2D eigenvalue weighted by Crippen LogP contribution is -2.22. The molecule has 1 amide bonds. The Labute approximate surface area is 79.2 Å². The van der Waals surface area contributed by atoms with Crippen LogP contribution in [0.2, 0.25) is 0 Å². The van der Waals surface area contributed by atoms with E-state index in [2.05, 4.69) is 16.1 Å². The van der Waals surface area contributed by atoms with Crippen molar-refractivity contribution in [2.75, 3.05) is 7.11 Å². The average Bonchev–Trinajstić information content (AvgIpc) is 2.09. The van der Waals surface area contributed by atoms with Gasteiger partial charge in [-0.05, 0) is 25.7 Å². The molecule has 1 aliphatic carbocycles. The summed E-state index contributed by atoms with van der Waals surface area (Å²) in [5.74, 6) is 0. The summed E-state index contributed by atoms with van der Waals surface area (Å²) in [5, 5.41) is 2.74. The first kappa shape index (κ1) is 10.1. The SMILES string of the molecule is COC(=O)N/C1=C/CCCCCC1. The van der Waals surface area contributed by atoms with Crippen molar-refractivity contribution in [2.24, 2.45) is 0 Å². The Morgan fingerprint density at radius 3 is 2.92 bits per heavy atom. The molecule has 0 aromatic carbocycles. The number of methoxy groups -OCH3 is 1. The van der Waals surface area contributed by atoms with Crippen molar-refractivity contribution in [1.82, 2.24) is 5.32 Å². The second kappa shape index (κ2) is 5.62. The maximum Gasteiger partial charge on any atom is 0.411 e. The van der Waals surface area contributed by atoms with E-state index in [0.717, 1.165) is 25.0 Å². The Bertz CT molecular complexity index is 199. The molecule has 3 heteroatoms. The first-order chi connectivity index (χ1) is 6.33. The Balaban J connectivity index is 2.40. The van der Waals surface area contributed by atoms with Crippen molar-refractivity contribution in [3.63, 3.8) is 0 Å². The van der Waals surface area contributed by atoms with Gasteiger partial charge in [0.2, 0.25) is 0 Å². The number of allylic oxidation sites excluding steroid dienone is 2. The molecule has 74 valence electrons. The van der Waals surface area contributed by atoms with Crippen LogP contribution in [-0.2, 0) is 4.74 Å². The summed E-state index contributed by atoms with van der Waals surface area (Å²) in [7, 11) is 1.39. The Kier molecular flexibility index (Phi) is 4.36. The van der Waals surface area contributed by atoms with E-state index in [1.165, 1.54) is 26.4 Å². The maximum atomic E-state index is 10.9. The van der Waals surface area contributed by atoms with Crippen LogP contribution in [0.4, 0.5) is 4.79 Å². The summed E-state index contributed by atoms with van der Waals surface area (Å²) in [6, 6.07) is 0. The van der Waals surface area contributed by atoms with Crippen LogP contribution in [0.1, 0.15) is 38.5 Å². The van der Waals surface area contributed by atoms with Crippen LogP contribution in [0.25, 0.3) is 0 Å². The molecule has 0 heterocycles. The minimum Gasteiger partial charge on any atom is -0.453 e. The quantitative estimate of drug-likeness (QED) is 0.678. The molecule has 13 heavy (non-hydrogen) atoms. The number of amides is 1. The van der Waals surface area contributed by atoms with Crippen LogP contribution in [-0.4, -0.2) is 13.2 Å². The van der Waals surface area contributed by atoms with Gasteiger partial charge in [0.15, 0.2) is 0 Å². The zero-order chi connectivity index (χ0) is 9.52. The van der Waals surface area contributed by atoms with Crippen LogP contribution in [0.5, 0.6) is 0 Å². The lowest BCUT2D eigenvalue weighted by molar-refractivity contribution is 0.173. The van der Waals surface area contributed by atoms with Gasteiger partial charge in [0, 0.05) is 5.70 Å². The zero-order valence-corrected chi connectivity index (χ0v) is 8.14. The third-order valence-electron chi connectivity index (χ3n) is 2.24. The van der Waals surface area contributed by atoms with E-state index in [1.807, 2.05) is 0 Å². The van der Waals surface area contributed by atoms with E-state index < -0.39 is 0 Å². The van der Waals surface area contributed by atoms with Gasteiger partial charge in [-0.2, -0.15) is 0 Å². The predicted molar refractivity (Wildman–Crippen MR) is 51.3 cm³/mol. The molecular formula is C10H17NO2. The highest BCUT2D eigenvalue weighted by Crippen LogP contribution is 2.14. The molecule has 0 fully saturated rings. The molecule has 0 aromatic heterocycles. The molecule has 1 N–H and O–H groups in total. The van der Waals surface area contributed by atoms with Crippen molar-refractivity contribution >= 4 is 6.09 Å². The van der Waals surface area contributed by atoms with Crippen molar-refractivity contribution in [3.05, 3.63) is 11.8 Å². The van der Waals surface area contributed by atoms with Gasteiger partial charge in [0.25, 0.3) is 0 Å². The fourth-order valence-electron chi connectivity index (χ4n) is 1.49. The molecule has 0 radical (unpaired) electrons. The molecule has 0 bridgehead atoms. The molecular weight excluding hydrogens is 166 g/mol. The molecule has 0 unspecified atom stereocenters. The van der Waals surface area contributed by atoms with Crippen LogP contribution >= 0.6 is 0 Å². The molecule has 1 rings (SSSR count). The third-order valence-corrected chi connectivity index (χ3v) is 2.24. The highest BCUT2D eigenvalue weighted by molar-refractivity contribution is 5.69. The number of nitrogens with one attached hydrogen (secondary N) is 1. The predicted octanol–water partition coefficient (Wildman–Crippen LogP) is 2.58. The van der Waals surface area contributed by atoms with Gasteiger partial charge in [-0.1, -0.05) is 18.9 Å². The van der Waals surface area contributed by atoms with Crippen molar-refractivity contribution in [1.29, 1.82) is 0 Å². The average molecular weight is 183 g/mol. The van der Waals surface area contributed by atoms with Gasteiger partial charge in [-0.15, -0.1) is 0 Å². The number of hydrogen-bond acceptors (Lipinski definition) is 2. The highest BCUT2D eigenvalue weighted by Gasteiger charge is 2.05. The fraction of sp³-hybridized carbons (Fsp3) is 0.700. The summed E-state index contributed by atoms with van der Waals surface area (Å²) >= 11 is 0. The van der Waals surface area contributed by atoms with Crippen molar-refractivity contribution < 1.29 is 9.53 Å². The Morgan fingerprint density at radius 1 is 1.38 bits per heavy atom. The molecule has 1 aliphatic rings.